The highest BCUT2D eigenvalue weighted by atomic mass is 32.2. The molecule has 2 amide bonds. The third-order valence-electron chi connectivity index (χ3n) is 8.79. The van der Waals surface area contributed by atoms with Crippen LogP contribution in [0.5, 0.6) is 0 Å². The Kier molecular flexibility index (Phi) is 9.89. The van der Waals surface area contributed by atoms with Crippen molar-refractivity contribution in [1.82, 2.24) is 4.98 Å². The number of amides is 2. The van der Waals surface area contributed by atoms with Crippen LogP contribution in [0.1, 0.15) is 22.3 Å². The second kappa shape index (κ2) is 15.4. The van der Waals surface area contributed by atoms with Crippen LogP contribution in [0.2, 0.25) is 0 Å². The zero-order valence-electron chi connectivity index (χ0n) is 29.5. The van der Waals surface area contributed by atoms with Crippen LogP contribution in [0.15, 0.2) is 172 Å². The van der Waals surface area contributed by atoms with Gasteiger partial charge in [-0.3, -0.25) is 19.4 Å². The molecule has 3 heterocycles. The molecule has 0 N–H and O–H groups in total. The normalized spacial score (nSPS) is 17.4. The van der Waals surface area contributed by atoms with Crippen molar-refractivity contribution in [3.05, 3.63) is 184 Å². The van der Waals surface area contributed by atoms with Crippen molar-refractivity contribution in [2.24, 2.45) is 9.98 Å². The molecule has 0 atom stereocenters. The summed E-state index contributed by atoms with van der Waals surface area (Å²) in [4.78, 5) is 46.7. The Balaban J connectivity index is 1.12. The smallest absolute Gasteiger partial charge is 0.268 e. The lowest BCUT2D eigenvalue weighted by Gasteiger charge is -2.15. The number of hydrogen-bond donors (Lipinski definition) is 0. The monoisotopic (exact) mass is 739 g/mol. The quantitative estimate of drug-likeness (QED) is 0.152. The second-order valence-corrected chi connectivity index (χ2v) is 14.7. The van der Waals surface area contributed by atoms with Gasteiger partial charge in [0.15, 0.2) is 16.2 Å². The maximum atomic E-state index is 14.0. The molecule has 0 spiro atoms. The summed E-state index contributed by atoms with van der Waals surface area (Å²) in [7, 11) is 0. The van der Waals surface area contributed by atoms with Gasteiger partial charge in [0.05, 0.1) is 26.9 Å². The van der Waals surface area contributed by atoms with E-state index in [-0.39, 0.29) is 11.8 Å². The van der Waals surface area contributed by atoms with Gasteiger partial charge in [-0.15, -0.1) is 0 Å². The highest BCUT2D eigenvalue weighted by Crippen LogP contribution is 2.39. The second-order valence-electron chi connectivity index (χ2n) is 12.7. The van der Waals surface area contributed by atoms with E-state index in [9.17, 15) is 9.59 Å². The van der Waals surface area contributed by atoms with E-state index < -0.39 is 0 Å². The Labute approximate surface area is 322 Å². The lowest BCUT2D eigenvalue weighted by Crippen LogP contribution is -2.28. The number of thioether (sulfide) groups is 2. The Morgan fingerprint density at radius 3 is 1.72 bits per heavy atom. The topological polar surface area (TPSA) is 78.2 Å². The van der Waals surface area contributed by atoms with E-state index in [1.54, 1.807) is 16.0 Å². The molecule has 54 heavy (non-hydrogen) atoms. The van der Waals surface area contributed by atoms with Gasteiger partial charge in [0, 0.05) is 6.20 Å². The largest absolute Gasteiger partial charge is 0.271 e. The van der Waals surface area contributed by atoms with E-state index in [2.05, 4.69) is 11.1 Å². The predicted molar refractivity (Wildman–Crippen MR) is 225 cm³/mol. The number of carbonyl (C=O) groups is 2. The number of nitrogens with zero attached hydrogens (tertiary/aromatic N) is 5. The fourth-order valence-electron chi connectivity index (χ4n) is 6.07. The van der Waals surface area contributed by atoms with Gasteiger partial charge in [-0.2, -0.15) is 0 Å². The lowest BCUT2D eigenvalue weighted by atomic mass is 10.00. The van der Waals surface area contributed by atoms with E-state index >= 15 is 0 Å². The summed E-state index contributed by atoms with van der Waals surface area (Å²) in [6.07, 6.45) is 5.61. The zero-order chi connectivity index (χ0) is 37.0. The van der Waals surface area contributed by atoms with Gasteiger partial charge in [-0.25, -0.2) is 15.0 Å². The van der Waals surface area contributed by atoms with Crippen LogP contribution >= 0.6 is 23.5 Å². The van der Waals surface area contributed by atoms with Crippen LogP contribution in [-0.2, 0) is 9.59 Å². The molecule has 0 aliphatic carbocycles. The first-order valence-corrected chi connectivity index (χ1v) is 19.0. The number of pyridine rings is 1. The first-order chi connectivity index (χ1) is 26.4. The number of benzene rings is 5. The molecule has 5 aromatic carbocycles. The van der Waals surface area contributed by atoms with Crippen LogP contribution in [0.3, 0.4) is 0 Å². The predicted octanol–water partition coefficient (Wildman–Crippen LogP) is 11.0. The van der Waals surface area contributed by atoms with Crippen LogP contribution in [0.4, 0.5) is 22.9 Å². The molecule has 9 heteroatoms. The summed E-state index contributed by atoms with van der Waals surface area (Å²) in [5.41, 5.74) is 8.10. The van der Waals surface area contributed by atoms with E-state index in [1.807, 2.05) is 166 Å². The minimum absolute atomic E-state index is 0.132. The molecule has 2 aliphatic heterocycles. The molecular formula is C45H33N5O2S2. The number of hydrogen-bond acceptors (Lipinski definition) is 7. The van der Waals surface area contributed by atoms with Crippen LogP contribution in [0.25, 0.3) is 23.3 Å². The molecule has 8 rings (SSSR count). The van der Waals surface area contributed by atoms with Gasteiger partial charge in [0.25, 0.3) is 11.8 Å². The molecule has 0 bridgehead atoms. The summed E-state index contributed by atoms with van der Waals surface area (Å²) in [5, 5.41) is 1.12. The number of carbonyl (C=O) groups excluding carboxylic acids is 2. The SMILES string of the molecule is Cc1ccc(N=C2S/C(=C\c3cccc(-c4cc(N=C5S/C(=C\c6ccccc6)C(=O)N5c5ccccc5)ncc4C)c3)C(=O)N2c2ccccc2)cc1. The van der Waals surface area contributed by atoms with Crippen molar-refractivity contribution in [3.8, 4) is 11.1 Å². The van der Waals surface area contributed by atoms with Gasteiger partial charge in [0.1, 0.15) is 0 Å². The average Bonchev–Trinajstić information content (AvgIpc) is 3.67. The molecule has 2 saturated heterocycles. The number of aromatic nitrogens is 1. The highest BCUT2D eigenvalue weighted by Gasteiger charge is 2.36. The van der Waals surface area contributed by atoms with Gasteiger partial charge >= 0.3 is 0 Å². The Morgan fingerprint density at radius 2 is 1.11 bits per heavy atom. The average molecular weight is 740 g/mol. The first-order valence-electron chi connectivity index (χ1n) is 17.3. The fourth-order valence-corrected chi connectivity index (χ4v) is 8.06. The molecular weight excluding hydrogens is 707 g/mol. The van der Waals surface area contributed by atoms with Gasteiger partial charge in [-0.05, 0) is 126 Å². The number of para-hydroxylation sites is 2. The first kappa shape index (κ1) is 34.8. The molecule has 0 unspecified atom stereocenters. The van der Waals surface area contributed by atoms with Crippen LogP contribution in [0, 0.1) is 13.8 Å². The van der Waals surface area contributed by atoms with E-state index in [0.29, 0.717) is 26.0 Å². The van der Waals surface area contributed by atoms with E-state index in [1.165, 1.54) is 23.5 Å². The minimum atomic E-state index is -0.140. The third-order valence-corrected chi connectivity index (χ3v) is 10.7. The van der Waals surface area contributed by atoms with Gasteiger partial charge in [-0.1, -0.05) is 103 Å². The van der Waals surface area contributed by atoms with Crippen molar-refractivity contribution in [3.63, 3.8) is 0 Å². The molecule has 0 radical (unpaired) electrons. The molecule has 1 aromatic heterocycles. The molecule has 7 nitrogen and oxygen atoms in total. The molecule has 2 fully saturated rings. The molecule has 2 aliphatic rings. The summed E-state index contributed by atoms with van der Waals surface area (Å²) < 4.78 is 0. The Hall–Kier alpha value is -6.29. The highest BCUT2D eigenvalue weighted by molar-refractivity contribution is 8.19. The summed E-state index contributed by atoms with van der Waals surface area (Å²) in [6.45, 7) is 4.05. The van der Waals surface area contributed by atoms with Crippen molar-refractivity contribution < 1.29 is 9.59 Å². The standard InChI is InChI=1S/C45H33N5O2S2/c1-30-21-23-35(24-22-30)47-44-49(36-17-8-4-9-18-36)43(52)40(53-44)27-33-15-12-16-34(25-33)38-28-41(46-29-31(38)2)48-45-50(37-19-10-5-11-20-37)42(51)39(54-45)26-32-13-6-3-7-14-32/h3-29H,1-2H3/b39-26-,40-27-,47-44?,48-45?. The Bertz CT molecular complexity index is 2500. The van der Waals surface area contributed by atoms with Crippen LogP contribution in [-0.4, -0.2) is 27.1 Å². The van der Waals surface area contributed by atoms with Crippen molar-refractivity contribution >= 4 is 80.7 Å². The molecule has 0 saturated carbocycles. The number of aliphatic imine (C=N–C) groups is 2. The van der Waals surface area contributed by atoms with Crippen molar-refractivity contribution in [2.75, 3.05) is 9.80 Å². The van der Waals surface area contributed by atoms with Crippen LogP contribution < -0.4 is 9.80 Å². The third kappa shape index (κ3) is 7.45. The number of rotatable bonds is 7. The number of aryl methyl sites for hydroxylation is 2. The minimum Gasteiger partial charge on any atom is -0.268 e. The maximum absolute atomic E-state index is 14.0. The summed E-state index contributed by atoms with van der Waals surface area (Å²) in [5.74, 6) is 0.209. The number of anilines is 2. The van der Waals surface area contributed by atoms with E-state index in [4.69, 9.17) is 9.98 Å². The summed E-state index contributed by atoms with van der Waals surface area (Å²) in [6, 6.07) is 46.9. The van der Waals surface area contributed by atoms with Gasteiger partial charge < -0.3 is 0 Å². The zero-order valence-corrected chi connectivity index (χ0v) is 31.1. The van der Waals surface area contributed by atoms with Crippen molar-refractivity contribution in [1.29, 1.82) is 0 Å². The molecule has 262 valence electrons. The Morgan fingerprint density at radius 1 is 0.574 bits per heavy atom. The van der Waals surface area contributed by atoms with Gasteiger partial charge in [0.2, 0.25) is 0 Å². The lowest BCUT2D eigenvalue weighted by molar-refractivity contribution is -0.114. The number of amidine groups is 2. The summed E-state index contributed by atoms with van der Waals surface area (Å²) >= 11 is 2.69. The fraction of sp³-hybridized carbons (Fsp3) is 0.0444. The van der Waals surface area contributed by atoms with E-state index in [0.717, 1.165) is 50.4 Å². The molecule has 6 aromatic rings. The maximum Gasteiger partial charge on any atom is 0.271 e. The van der Waals surface area contributed by atoms with Crippen molar-refractivity contribution in [2.45, 2.75) is 13.8 Å².